The lowest BCUT2D eigenvalue weighted by molar-refractivity contribution is 0.100. The number of ether oxygens (including phenoxy) is 1. The van der Waals surface area contributed by atoms with Crippen molar-refractivity contribution < 1.29 is 27.1 Å². The molecule has 1 aliphatic rings. The Morgan fingerprint density at radius 1 is 1.03 bits per heavy atom. The van der Waals surface area contributed by atoms with Crippen molar-refractivity contribution in [2.45, 2.75) is 12.8 Å². The van der Waals surface area contributed by atoms with Crippen LogP contribution in [0.25, 0.3) is 22.2 Å². The van der Waals surface area contributed by atoms with Gasteiger partial charge in [-0.2, -0.15) is 12.6 Å². The van der Waals surface area contributed by atoms with Crippen molar-refractivity contribution in [1.82, 2.24) is 9.97 Å². The molecule has 1 aliphatic heterocycles. The van der Waals surface area contributed by atoms with Gasteiger partial charge in [-0.15, -0.1) is 0 Å². The number of amides is 1. The fourth-order valence-corrected chi connectivity index (χ4v) is 4.02. The van der Waals surface area contributed by atoms with Crippen LogP contribution in [-0.4, -0.2) is 42.8 Å². The summed E-state index contributed by atoms with van der Waals surface area (Å²) in [6, 6.07) is 9.37. The van der Waals surface area contributed by atoms with Gasteiger partial charge < -0.3 is 15.4 Å². The number of carbonyl (C=O) groups excluding carboxylic acids is 1. The van der Waals surface area contributed by atoms with E-state index in [1.165, 1.54) is 16.9 Å². The monoisotopic (exact) mass is 546 g/mol. The molecule has 0 radical (unpaired) electrons. The van der Waals surface area contributed by atoms with E-state index in [1.807, 2.05) is 12.1 Å². The number of halogens is 4. The molecule has 6 nitrogen and oxygen atoms in total. The number of aryl methyl sites for hydroxylation is 1. The van der Waals surface area contributed by atoms with Gasteiger partial charge in [0.2, 0.25) is 0 Å². The summed E-state index contributed by atoms with van der Waals surface area (Å²) in [5, 5.41) is -0.166. The van der Waals surface area contributed by atoms with E-state index in [9.17, 15) is 22.4 Å². The molecule has 0 saturated heterocycles. The number of aromatic nitrogens is 2. The van der Waals surface area contributed by atoms with Gasteiger partial charge in [0.1, 0.15) is 17.1 Å². The van der Waals surface area contributed by atoms with Gasteiger partial charge in [-0.3, -0.25) is 14.8 Å². The third-order valence-electron chi connectivity index (χ3n) is 5.60. The number of primary amides is 1. The topological polar surface area (TPSA) is 81.3 Å². The van der Waals surface area contributed by atoms with Crippen LogP contribution in [0.15, 0.2) is 48.8 Å². The zero-order valence-electron chi connectivity index (χ0n) is 20.9. The van der Waals surface area contributed by atoms with Gasteiger partial charge in [-0.05, 0) is 36.8 Å². The van der Waals surface area contributed by atoms with Crippen LogP contribution in [0.1, 0.15) is 22.3 Å². The smallest absolute Gasteiger partial charge is 0.252 e. The first-order valence-corrected chi connectivity index (χ1v) is 12.3. The van der Waals surface area contributed by atoms with Gasteiger partial charge in [-0.25, -0.2) is 17.6 Å². The van der Waals surface area contributed by atoms with Crippen molar-refractivity contribution in [3.63, 3.8) is 0 Å². The van der Waals surface area contributed by atoms with E-state index in [0.29, 0.717) is 6.07 Å². The Balaban J connectivity index is 0.000000275. The summed E-state index contributed by atoms with van der Waals surface area (Å²) in [6.07, 6.45) is 5.88. The predicted octanol–water partition coefficient (Wildman–Crippen LogP) is 5.58. The number of pyridine rings is 2. The number of anilines is 1. The molecule has 38 heavy (non-hydrogen) atoms. The molecule has 3 heterocycles. The number of para-hydroxylation sites is 1. The second-order valence-corrected chi connectivity index (χ2v) is 8.27. The van der Waals surface area contributed by atoms with Gasteiger partial charge in [0, 0.05) is 31.9 Å². The molecule has 0 fully saturated rings. The minimum absolute atomic E-state index is 0.0653. The molecule has 4 aromatic rings. The molecule has 11 heteroatoms. The normalized spacial score (nSPS) is 11.8. The summed E-state index contributed by atoms with van der Waals surface area (Å²) in [6.45, 7) is 0.886. The number of hydrogen-bond acceptors (Lipinski definition) is 6. The van der Waals surface area contributed by atoms with Gasteiger partial charge in [0.25, 0.3) is 5.91 Å². The van der Waals surface area contributed by atoms with Crippen molar-refractivity contribution >= 4 is 35.1 Å². The molecular weight excluding hydrogens is 520 g/mol. The van der Waals surface area contributed by atoms with Gasteiger partial charge >= 0.3 is 0 Å². The molecule has 0 aliphatic carbocycles. The van der Waals surface area contributed by atoms with Gasteiger partial charge in [0.05, 0.1) is 35.1 Å². The lowest BCUT2D eigenvalue weighted by atomic mass is 10.0. The van der Waals surface area contributed by atoms with E-state index in [-0.39, 0.29) is 27.8 Å². The molecule has 0 bridgehead atoms. The largest absolute Gasteiger partial charge is 0.493 e. The Kier molecular flexibility index (Phi) is 9.51. The van der Waals surface area contributed by atoms with Gasteiger partial charge in [-0.1, -0.05) is 18.2 Å². The van der Waals surface area contributed by atoms with Crippen molar-refractivity contribution in [3.8, 4) is 17.0 Å². The van der Waals surface area contributed by atoms with Crippen LogP contribution in [0.2, 0.25) is 0 Å². The highest BCUT2D eigenvalue weighted by atomic mass is 32.1. The Labute approximate surface area is 222 Å². The molecule has 0 unspecified atom stereocenters. The number of hydrogen-bond donors (Lipinski definition) is 2. The predicted molar refractivity (Wildman–Crippen MR) is 143 cm³/mol. The van der Waals surface area contributed by atoms with Crippen LogP contribution >= 0.6 is 12.6 Å². The SMILES string of the molecule is CN(C)c1c(C(N)=O)cnc2c(-c3cc(F)cc(F)c3F)ncc(F)c12.CS.c1ccc2c(c1)CCCO2. The maximum Gasteiger partial charge on any atom is 0.252 e. The Bertz CT molecular complexity index is 1440. The van der Waals surface area contributed by atoms with Crippen LogP contribution in [0.4, 0.5) is 23.2 Å². The summed E-state index contributed by atoms with van der Waals surface area (Å²) in [5.74, 6) is -4.41. The van der Waals surface area contributed by atoms with E-state index in [0.717, 1.165) is 37.2 Å². The minimum Gasteiger partial charge on any atom is -0.493 e. The average Bonchev–Trinajstić information content (AvgIpc) is 2.92. The molecule has 0 atom stereocenters. The number of carbonyl (C=O) groups is 1. The molecule has 2 aromatic carbocycles. The Morgan fingerprint density at radius 3 is 2.39 bits per heavy atom. The van der Waals surface area contributed by atoms with Crippen molar-refractivity contribution in [1.29, 1.82) is 0 Å². The third-order valence-corrected chi connectivity index (χ3v) is 5.60. The summed E-state index contributed by atoms with van der Waals surface area (Å²) in [7, 11) is 3.09. The zero-order chi connectivity index (χ0) is 28.0. The summed E-state index contributed by atoms with van der Waals surface area (Å²) in [4.78, 5) is 20.8. The standard InChI is InChI=1S/C17H12F4N4O.C9H10O.CH4S/c1-25(2)16-9(17(22)26)5-23-15-12(16)11(20)6-24-14(15)8-3-7(18)4-10(19)13(8)21;1-2-6-9-8(4-1)5-3-7-10-9;1-2/h3-6H,1-2H3,(H2,22,26);1-2,4,6H,3,5,7H2;2H,1H3. The first kappa shape index (κ1) is 28.7. The van der Waals surface area contributed by atoms with Crippen LogP contribution < -0.4 is 15.4 Å². The van der Waals surface area contributed by atoms with E-state index in [4.69, 9.17) is 10.5 Å². The van der Waals surface area contributed by atoms with Crippen LogP contribution in [0.3, 0.4) is 0 Å². The zero-order valence-corrected chi connectivity index (χ0v) is 21.8. The molecule has 2 aromatic heterocycles. The number of rotatable bonds is 3. The van der Waals surface area contributed by atoms with Gasteiger partial charge in [0.15, 0.2) is 17.5 Å². The van der Waals surface area contributed by atoms with E-state index in [1.54, 1.807) is 20.4 Å². The highest BCUT2D eigenvalue weighted by Crippen LogP contribution is 2.36. The summed E-state index contributed by atoms with van der Waals surface area (Å²) >= 11 is 3.53. The number of nitrogens with zero attached hydrogens (tertiary/aromatic N) is 3. The summed E-state index contributed by atoms with van der Waals surface area (Å²) in [5.41, 5.74) is 5.74. The van der Waals surface area contributed by atoms with Crippen LogP contribution in [0.5, 0.6) is 5.75 Å². The lowest BCUT2D eigenvalue weighted by Gasteiger charge is -2.19. The Hall–Kier alpha value is -3.86. The quantitative estimate of drug-likeness (QED) is 0.199. The number of fused-ring (bicyclic) bond motifs is 2. The fourth-order valence-electron chi connectivity index (χ4n) is 4.02. The lowest BCUT2D eigenvalue weighted by Crippen LogP contribution is -2.20. The fraction of sp³-hybridized carbons (Fsp3) is 0.222. The molecule has 5 rings (SSSR count). The number of thiol groups is 1. The first-order chi connectivity index (χ1) is 18.2. The second-order valence-electron chi connectivity index (χ2n) is 8.27. The van der Waals surface area contributed by atoms with Crippen molar-refractivity contribution in [2.75, 3.05) is 31.9 Å². The minimum atomic E-state index is -1.42. The molecule has 2 N–H and O–H groups in total. The molecule has 0 spiro atoms. The molecule has 0 saturated carbocycles. The second kappa shape index (κ2) is 12.6. The number of benzene rings is 2. The van der Waals surface area contributed by atoms with E-state index < -0.39 is 34.7 Å². The highest BCUT2D eigenvalue weighted by molar-refractivity contribution is 7.79. The van der Waals surface area contributed by atoms with Crippen LogP contribution in [-0.2, 0) is 6.42 Å². The van der Waals surface area contributed by atoms with E-state index >= 15 is 0 Å². The third kappa shape index (κ3) is 5.99. The summed E-state index contributed by atoms with van der Waals surface area (Å²) < 4.78 is 61.2. The Morgan fingerprint density at radius 2 is 1.74 bits per heavy atom. The highest BCUT2D eigenvalue weighted by Gasteiger charge is 2.23. The maximum atomic E-state index is 14.5. The molecule has 1 amide bonds. The number of nitrogens with two attached hydrogens (primary N) is 1. The van der Waals surface area contributed by atoms with Crippen molar-refractivity contribution in [3.05, 3.63) is 83.2 Å². The molecular formula is C27H26F4N4O2S. The average molecular weight is 547 g/mol. The van der Waals surface area contributed by atoms with Crippen LogP contribution in [0, 0.1) is 23.3 Å². The maximum absolute atomic E-state index is 14.5. The first-order valence-electron chi connectivity index (χ1n) is 11.4. The van der Waals surface area contributed by atoms with E-state index in [2.05, 4.69) is 34.7 Å². The van der Waals surface area contributed by atoms with Crippen molar-refractivity contribution in [2.24, 2.45) is 5.73 Å². The molecule has 200 valence electrons.